The highest BCUT2D eigenvalue weighted by molar-refractivity contribution is 5.18. The average molecular weight is 164 g/mol. The molecule has 12 heavy (non-hydrogen) atoms. The van der Waals surface area contributed by atoms with Gasteiger partial charge in [0.05, 0.1) is 0 Å². The van der Waals surface area contributed by atoms with E-state index in [2.05, 4.69) is 22.9 Å². The minimum Gasteiger partial charge on any atom is -0.372 e. The van der Waals surface area contributed by atoms with Gasteiger partial charge in [-0.2, -0.15) is 0 Å². The molecule has 0 amide bonds. The molecule has 2 heterocycles. The number of piperazine rings is 1. The minimum atomic E-state index is 0.961. The molecule has 0 aromatic heterocycles. The average Bonchev–Trinajstić information content (AvgIpc) is 2.77. The second-order valence-corrected chi connectivity index (χ2v) is 4.50. The van der Waals surface area contributed by atoms with Crippen molar-refractivity contribution in [2.75, 3.05) is 33.2 Å². The quantitative estimate of drug-likeness (QED) is 0.522. The lowest BCUT2D eigenvalue weighted by atomic mass is 10.1. The summed E-state index contributed by atoms with van der Waals surface area (Å²) in [6.45, 7) is 5.04. The van der Waals surface area contributed by atoms with Crippen molar-refractivity contribution >= 4 is 0 Å². The summed E-state index contributed by atoms with van der Waals surface area (Å²) >= 11 is 0. The molecule has 2 fully saturated rings. The first-order chi connectivity index (χ1) is 5.83. The van der Waals surface area contributed by atoms with Gasteiger partial charge in [-0.05, 0) is 25.3 Å². The zero-order chi connectivity index (χ0) is 8.13. The molecule has 2 unspecified atom stereocenters. The molecule has 2 atom stereocenters. The number of nitrogens with zero attached hydrogens (tertiary/aromatic N) is 2. The van der Waals surface area contributed by atoms with Gasteiger partial charge in [-0.15, -0.1) is 0 Å². The maximum Gasteiger partial charge on any atom is 0.0378 e. The topological polar surface area (TPSA) is 6.48 Å². The minimum absolute atomic E-state index is 0.961. The fourth-order valence-corrected chi connectivity index (χ4v) is 2.47. The van der Waals surface area contributed by atoms with E-state index in [1.807, 2.05) is 0 Å². The summed E-state index contributed by atoms with van der Waals surface area (Å²) in [5.74, 6) is 1.99. The van der Waals surface area contributed by atoms with Crippen LogP contribution in [-0.2, 0) is 0 Å². The van der Waals surface area contributed by atoms with Crippen LogP contribution in [0.3, 0.4) is 0 Å². The van der Waals surface area contributed by atoms with Gasteiger partial charge in [0.25, 0.3) is 0 Å². The Morgan fingerprint density at radius 2 is 2.33 bits per heavy atom. The van der Waals surface area contributed by atoms with E-state index in [-0.39, 0.29) is 0 Å². The van der Waals surface area contributed by atoms with Crippen LogP contribution in [-0.4, -0.2) is 43.0 Å². The van der Waals surface area contributed by atoms with Crippen LogP contribution in [0, 0.1) is 11.8 Å². The van der Waals surface area contributed by atoms with E-state index in [9.17, 15) is 0 Å². The fraction of sp³-hybridized carbons (Fsp3) is 0.800. The van der Waals surface area contributed by atoms with E-state index in [4.69, 9.17) is 0 Å². The molecule has 0 aromatic rings. The Morgan fingerprint density at radius 3 is 3.25 bits per heavy atom. The highest BCUT2D eigenvalue weighted by atomic mass is 15.3. The first-order valence-electron chi connectivity index (χ1n) is 4.97. The van der Waals surface area contributed by atoms with Crippen molar-refractivity contribution in [2.45, 2.75) is 6.42 Å². The van der Waals surface area contributed by atoms with E-state index < -0.39 is 0 Å². The van der Waals surface area contributed by atoms with Gasteiger partial charge in [0, 0.05) is 31.9 Å². The van der Waals surface area contributed by atoms with E-state index >= 15 is 0 Å². The lowest BCUT2D eigenvalue weighted by molar-refractivity contribution is 0.188. The Balaban J connectivity index is 1.83. The number of hydrogen-bond acceptors (Lipinski definition) is 2. The SMILES string of the molecule is CN1CCN2CC3CC3C=C2C1. The van der Waals surface area contributed by atoms with Crippen LogP contribution >= 0.6 is 0 Å². The molecular formula is C10H16N2. The molecule has 1 aliphatic carbocycles. The van der Waals surface area contributed by atoms with Crippen molar-refractivity contribution in [3.63, 3.8) is 0 Å². The Kier molecular flexibility index (Phi) is 1.31. The van der Waals surface area contributed by atoms with Crippen molar-refractivity contribution in [3.05, 3.63) is 11.8 Å². The summed E-state index contributed by atoms with van der Waals surface area (Å²) in [6, 6.07) is 0. The zero-order valence-corrected chi connectivity index (χ0v) is 7.66. The Morgan fingerprint density at radius 1 is 1.42 bits per heavy atom. The van der Waals surface area contributed by atoms with Gasteiger partial charge < -0.3 is 4.90 Å². The second-order valence-electron chi connectivity index (χ2n) is 4.50. The molecule has 2 aliphatic heterocycles. The molecule has 0 N–H and O–H groups in total. The summed E-state index contributed by atoms with van der Waals surface area (Å²) in [5, 5.41) is 0. The summed E-state index contributed by atoms with van der Waals surface area (Å²) < 4.78 is 0. The van der Waals surface area contributed by atoms with Gasteiger partial charge >= 0.3 is 0 Å². The number of likely N-dealkylation sites (N-methyl/N-ethyl adjacent to an activating group) is 1. The van der Waals surface area contributed by atoms with Gasteiger partial charge in [0.1, 0.15) is 0 Å². The van der Waals surface area contributed by atoms with Crippen LogP contribution < -0.4 is 0 Å². The van der Waals surface area contributed by atoms with Crippen LogP contribution in [0.25, 0.3) is 0 Å². The summed E-state index contributed by atoms with van der Waals surface area (Å²) in [6.07, 6.45) is 3.98. The van der Waals surface area contributed by atoms with Crippen LogP contribution in [0.2, 0.25) is 0 Å². The molecule has 66 valence electrons. The zero-order valence-electron chi connectivity index (χ0n) is 7.66. The van der Waals surface area contributed by atoms with Gasteiger partial charge in [-0.25, -0.2) is 0 Å². The molecule has 2 nitrogen and oxygen atoms in total. The molecule has 0 bridgehead atoms. The van der Waals surface area contributed by atoms with Crippen molar-refractivity contribution < 1.29 is 0 Å². The van der Waals surface area contributed by atoms with Crippen molar-refractivity contribution in [1.82, 2.24) is 9.80 Å². The fourth-order valence-electron chi connectivity index (χ4n) is 2.47. The highest BCUT2D eigenvalue weighted by Gasteiger charge is 2.41. The number of allylic oxidation sites excluding steroid dienone is 1. The van der Waals surface area contributed by atoms with Crippen molar-refractivity contribution in [1.29, 1.82) is 0 Å². The molecule has 2 heteroatoms. The standard InChI is InChI=1S/C10H16N2/c1-11-2-3-12-6-9-4-8(9)5-10(12)7-11/h5,8-9H,2-4,6-7H2,1H3. The molecule has 3 aliphatic rings. The monoisotopic (exact) mass is 164 g/mol. The molecule has 3 rings (SSSR count). The van der Waals surface area contributed by atoms with Gasteiger partial charge in [-0.1, -0.05) is 6.08 Å². The van der Waals surface area contributed by atoms with E-state index in [1.54, 1.807) is 5.70 Å². The number of fused-ring (bicyclic) bond motifs is 2. The summed E-state index contributed by atoms with van der Waals surface area (Å²) in [4.78, 5) is 5.01. The van der Waals surface area contributed by atoms with E-state index in [0.29, 0.717) is 0 Å². The predicted octanol–water partition coefficient (Wildman–Crippen LogP) is 0.767. The molecule has 0 spiro atoms. The Bertz CT molecular complexity index is 234. The summed E-state index contributed by atoms with van der Waals surface area (Å²) in [7, 11) is 2.22. The molecule has 1 saturated carbocycles. The third kappa shape index (κ3) is 0.977. The van der Waals surface area contributed by atoms with Crippen molar-refractivity contribution in [3.8, 4) is 0 Å². The van der Waals surface area contributed by atoms with Crippen molar-refractivity contribution in [2.24, 2.45) is 11.8 Å². The number of rotatable bonds is 0. The number of hydrogen-bond donors (Lipinski definition) is 0. The van der Waals surface area contributed by atoms with Gasteiger partial charge in [-0.3, -0.25) is 4.90 Å². The van der Waals surface area contributed by atoms with Crippen LogP contribution in [0.1, 0.15) is 6.42 Å². The third-order valence-electron chi connectivity index (χ3n) is 3.43. The largest absolute Gasteiger partial charge is 0.372 e. The summed E-state index contributed by atoms with van der Waals surface area (Å²) in [5.41, 5.74) is 1.60. The Labute approximate surface area is 73.8 Å². The third-order valence-corrected chi connectivity index (χ3v) is 3.43. The van der Waals surface area contributed by atoms with Gasteiger partial charge in [0.15, 0.2) is 0 Å². The van der Waals surface area contributed by atoms with Crippen LogP contribution in [0.4, 0.5) is 0 Å². The maximum atomic E-state index is 2.59. The van der Waals surface area contributed by atoms with E-state index in [1.165, 1.54) is 32.6 Å². The second kappa shape index (κ2) is 2.25. The lowest BCUT2D eigenvalue weighted by Gasteiger charge is -2.38. The normalized spacial score (nSPS) is 40.1. The Hall–Kier alpha value is -0.500. The van der Waals surface area contributed by atoms with Crippen LogP contribution in [0.5, 0.6) is 0 Å². The van der Waals surface area contributed by atoms with Gasteiger partial charge in [0.2, 0.25) is 0 Å². The molecule has 0 radical (unpaired) electrons. The first-order valence-corrected chi connectivity index (χ1v) is 4.97. The van der Waals surface area contributed by atoms with Crippen LogP contribution in [0.15, 0.2) is 11.8 Å². The lowest BCUT2D eigenvalue weighted by Crippen LogP contribution is -2.44. The highest BCUT2D eigenvalue weighted by Crippen LogP contribution is 2.45. The molecule has 0 aromatic carbocycles. The molecular weight excluding hydrogens is 148 g/mol. The molecule has 1 saturated heterocycles. The van der Waals surface area contributed by atoms with E-state index in [0.717, 1.165) is 11.8 Å². The predicted molar refractivity (Wildman–Crippen MR) is 48.8 cm³/mol. The smallest absolute Gasteiger partial charge is 0.0378 e. The first kappa shape index (κ1) is 6.96. The maximum absolute atomic E-state index is 2.59.